The molecule has 0 radical (unpaired) electrons. The Kier molecular flexibility index (Phi) is 7.77. The fraction of sp³-hybridized carbons (Fsp3) is 0.259. The molecule has 166 valence electrons. The molecule has 3 aromatic rings. The Morgan fingerprint density at radius 2 is 1.62 bits per heavy atom. The third-order valence-electron chi connectivity index (χ3n) is 5.66. The zero-order chi connectivity index (χ0) is 23.1. The van der Waals surface area contributed by atoms with E-state index in [1.165, 1.54) is 11.0 Å². The number of nitrogens with one attached hydrogen (secondary N) is 1. The zero-order valence-corrected chi connectivity index (χ0v) is 18.8. The summed E-state index contributed by atoms with van der Waals surface area (Å²) in [6.45, 7) is 3.96. The van der Waals surface area contributed by atoms with Gasteiger partial charge in [-0.1, -0.05) is 72.3 Å². The molecule has 4 nitrogen and oxygen atoms in total. The van der Waals surface area contributed by atoms with Gasteiger partial charge in [0, 0.05) is 25.6 Å². The number of amides is 2. The first-order valence-corrected chi connectivity index (χ1v) is 10.7. The van der Waals surface area contributed by atoms with E-state index in [1.54, 1.807) is 25.2 Å². The van der Waals surface area contributed by atoms with Gasteiger partial charge in [-0.2, -0.15) is 0 Å². The van der Waals surface area contributed by atoms with Crippen LogP contribution in [-0.2, 0) is 29.0 Å². The van der Waals surface area contributed by atoms with Crippen molar-refractivity contribution < 1.29 is 14.0 Å². The van der Waals surface area contributed by atoms with E-state index in [0.29, 0.717) is 12.0 Å². The smallest absolute Gasteiger partial charge is 0.242 e. The number of hydrogen-bond acceptors (Lipinski definition) is 2. The van der Waals surface area contributed by atoms with Crippen molar-refractivity contribution in [2.24, 2.45) is 0 Å². The molecular weight excluding hydrogens is 403 g/mol. The van der Waals surface area contributed by atoms with Gasteiger partial charge >= 0.3 is 0 Å². The molecule has 5 heteroatoms. The Labute approximate surface area is 189 Å². The number of likely N-dealkylation sites (N-methyl/N-ethyl adjacent to an activating group) is 1. The SMILES string of the molecule is CNC(=O)C(Cc1ccccc1)N(Cc1ccccc1F)C(=O)Cc1cc(C)ccc1C. The molecule has 0 aliphatic heterocycles. The van der Waals surface area contributed by atoms with E-state index < -0.39 is 11.9 Å². The van der Waals surface area contributed by atoms with Crippen LogP contribution in [0, 0.1) is 19.7 Å². The summed E-state index contributed by atoms with van der Waals surface area (Å²) in [4.78, 5) is 28.0. The molecule has 0 aromatic heterocycles. The Hall–Kier alpha value is -3.47. The quantitative estimate of drug-likeness (QED) is 0.575. The number of benzene rings is 3. The van der Waals surface area contributed by atoms with Gasteiger partial charge in [0.25, 0.3) is 0 Å². The van der Waals surface area contributed by atoms with Crippen LogP contribution in [0.25, 0.3) is 0 Å². The van der Waals surface area contributed by atoms with Crippen LogP contribution in [0.5, 0.6) is 0 Å². The predicted octanol–water partition coefficient (Wildman–Crippen LogP) is 4.37. The van der Waals surface area contributed by atoms with Crippen molar-refractivity contribution in [3.05, 3.63) is 106 Å². The van der Waals surface area contributed by atoms with Gasteiger partial charge in [-0.15, -0.1) is 0 Å². The van der Waals surface area contributed by atoms with Gasteiger partial charge in [-0.25, -0.2) is 4.39 Å². The lowest BCUT2D eigenvalue weighted by Crippen LogP contribution is -2.50. The van der Waals surface area contributed by atoms with E-state index in [9.17, 15) is 14.0 Å². The van der Waals surface area contributed by atoms with Gasteiger partial charge < -0.3 is 10.2 Å². The molecule has 0 aliphatic carbocycles. The summed E-state index contributed by atoms with van der Waals surface area (Å²) >= 11 is 0. The summed E-state index contributed by atoms with van der Waals surface area (Å²) in [5, 5.41) is 2.68. The maximum absolute atomic E-state index is 14.5. The Morgan fingerprint density at radius 3 is 2.31 bits per heavy atom. The number of carbonyl (C=O) groups is 2. The maximum atomic E-state index is 14.5. The Morgan fingerprint density at radius 1 is 0.938 bits per heavy atom. The number of carbonyl (C=O) groups excluding carboxylic acids is 2. The summed E-state index contributed by atoms with van der Waals surface area (Å²) < 4.78 is 14.5. The minimum atomic E-state index is -0.764. The fourth-order valence-corrected chi connectivity index (χ4v) is 3.79. The Balaban J connectivity index is 1.98. The normalized spacial score (nSPS) is 11.6. The fourth-order valence-electron chi connectivity index (χ4n) is 3.79. The van der Waals surface area contributed by atoms with Gasteiger partial charge in [-0.3, -0.25) is 9.59 Å². The average Bonchev–Trinajstić information content (AvgIpc) is 2.79. The van der Waals surface area contributed by atoms with Gasteiger partial charge in [0.1, 0.15) is 11.9 Å². The van der Waals surface area contributed by atoms with Crippen molar-refractivity contribution in [3.8, 4) is 0 Å². The molecule has 0 saturated carbocycles. The van der Waals surface area contributed by atoms with E-state index in [0.717, 1.165) is 22.3 Å². The third kappa shape index (κ3) is 5.82. The first kappa shape index (κ1) is 23.2. The molecule has 0 heterocycles. The van der Waals surface area contributed by atoms with Gasteiger partial charge in [0.15, 0.2) is 0 Å². The van der Waals surface area contributed by atoms with Crippen molar-refractivity contribution >= 4 is 11.8 Å². The van der Waals surface area contributed by atoms with Crippen LogP contribution < -0.4 is 5.32 Å². The summed E-state index contributed by atoms with van der Waals surface area (Å²) in [6.07, 6.45) is 0.484. The monoisotopic (exact) mass is 432 g/mol. The largest absolute Gasteiger partial charge is 0.357 e. The lowest BCUT2D eigenvalue weighted by molar-refractivity contribution is -0.140. The van der Waals surface area contributed by atoms with Crippen LogP contribution in [0.3, 0.4) is 0 Å². The highest BCUT2D eigenvalue weighted by molar-refractivity contribution is 5.88. The second-order valence-electron chi connectivity index (χ2n) is 8.04. The van der Waals surface area contributed by atoms with E-state index in [4.69, 9.17) is 0 Å². The molecule has 0 saturated heterocycles. The minimum absolute atomic E-state index is 0.0152. The molecule has 2 amide bonds. The first-order chi connectivity index (χ1) is 15.4. The molecule has 1 N–H and O–H groups in total. The number of rotatable bonds is 8. The van der Waals surface area contributed by atoms with Crippen molar-refractivity contribution in [1.29, 1.82) is 0 Å². The highest BCUT2D eigenvalue weighted by Gasteiger charge is 2.30. The lowest BCUT2D eigenvalue weighted by Gasteiger charge is -2.31. The summed E-state index contributed by atoms with van der Waals surface area (Å²) in [6, 6.07) is 21.1. The topological polar surface area (TPSA) is 49.4 Å². The summed E-state index contributed by atoms with van der Waals surface area (Å²) in [5.41, 5.74) is 4.28. The molecule has 3 aromatic carbocycles. The lowest BCUT2D eigenvalue weighted by atomic mass is 9.99. The number of nitrogens with zero attached hydrogens (tertiary/aromatic N) is 1. The molecular formula is C27H29FN2O2. The number of hydrogen-bond donors (Lipinski definition) is 1. The minimum Gasteiger partial charge on any atom is -0.357 e. The van der Waals surface area contributed by atoms with Crippen molar-refractivity contribution in [2.45, 2.75) is 39.3 Å². The van der Waals surface area contributed by atoms with E-state index in [-0.39, 0.29) is 24.8 Å². The molecule has 3 rings (SSSR count). The van der Waals surface area contributed by atoms with Crippen LogP contribution in [0.1, 0.15) is 27.8 Å². The molecule has 1 atom stereocenters. The van der Waals surface area contributed by atoms with Crippen LogP contribution in [0.2, 0.25) is 0 Å². The molecule has 0 fully saturated rings. The van der Waals surface area contributed by atoms with Crippen molar-refractivity contribution in [2.75, 3.05) is 7.05 Å². The summed E-state index contributed by atoms with van der Waals surface area (Å²) in [7, 11) is 1.55. The van der Waals surface area contributed by atoms with Crippen molar-refractivity contribution in [3.63, 3.8) is 0 Å². The summed E-state index contributed by atoms with van der Waals surface area (Å²) in [5.74, 6) is -0.890. The van der Waals surface area contributed by atoms with Crippen LogP contribution >= 0.6 is 0 Å². The predicted molar refractivity (Wildman–Crippen MR) is 125 cm³/mol. The third-order valence-corrected chi connectivity index (χ3v) is 5.66. The van der Waals surface area contributed by atoms with E-state index >= 15 is 0 Å². The Bertz CT molecular complexity index is 1080. The zero-order valence-electron chi connectivity index (χ0n) is 18.8. The molecule has 1 unspecified atom stereocenters. The van der Waals surface area contributed by atoms with Crippen LogP contribution in [0.15, 0.2) is 72.8 Å². The van der Waals surface area contributed by atoms with Crippen molar-refractivity contribution in [1.82, 2.24) is 10.2 Å². The molecule has 0 aliphatic rings. The maximum Gasteiger partial charge on any atom is 0.242 e. The average molecular weight is 433 g/mol. The molecule has 32 heavy (non-hydrogen) atoms. The second-order valence-corrected chi connectivity index (χ2v) is 8.04. The van der Waals surface area contributed by atoms with E-state index in [1.807, 2.05) is 62.4 Å². The first-order valence-electron chi connectivity index (χ1n) is 10.7. The highest BCUT2D eigenvalue weighted by Crippen LogP contribution is 2.19. The molecule has 0 bridgehead atoms. The van der Waals surface area contributed by atoms with E-state index in [2.05, 4.69) is 5.32 Å². The van der Waals surface area contributed by atoms with Gasteiger partial charge in [0.2, 0.25) is 11.8 Å². The van der Waals surface area contributed by atoms with Crippen LogP contribution in [-0.4, -0.2) is 29.8 Å². The highest BCUT2D eigenvalue weighted by atomic mass is 19.1. The second kappa shape index (κ2) is 10.7. The van der Waals surface area contributed by atoms with Gasteiger partial charge in [0.05, 0.1) is 6.42 Å². The number of halogens is 1. The van der Waals surface area contributed by atoms with Gasteiger partial charge in [-0.05, 0) is 36.6 Å². The molecule has 0 spiro atoms. The van der Waals surface area contributed by atoms with Crippen LogP contribution in [0.4, 0.5) is 4.39 Å². The number of aryl methyl sites for hydroxylation is 2. The standard InChI is InChI=1S/C27H29FN2O2/c1-19-13-14-20(2)23(15-19)17-26(31)30(18-22-11-7-8-12-24(22)28)25(27(32)29-3)16-21-9-5-4-6-10-21/h4-15,25H,16-18H2,1-3H3,(H,29,32).